The maximum atomic E-state index is 8.39. The van der Waals surface area contributed by atoms with Crippen LogP contribution in [0.3, 0.4) is 0 Å². The van der Waals surface area contributed by atoms with E-state index in [0.717, 1.165) is 3.57 Å². The molecule has 0 spiro atoms. The van der Waals surface area contributed by atoms with Gasteiger partial charge in [-0.05, 0) is 22.6 Å². The van der Waals surface area contributed by atoms with Crippen LogP contribution in [0.25, 0.3) is 0 Å². The van der Waals surface area contributed by atoms with E-state index in [0.29, 0.717) is 5.56 Å². The van der Waals surface area contributed by atoms with Crippen molar-refractivity contribution >= 4 is 28.5 Å². The van der Waals surface area contributed by atoms with Gasteiger partial charge in [-0.3, -0.25) is 0 Å². The number of nitriles is 1. The highest BCUT2D eigenvalue weighted by atomic mass is 127. The number of nitrogens with two attached hydrogens (primary N) is 1. The van der Waals surface area contributed by atoms with Crippen LogP contribution in [0.1, 0.15) is 5.56 Å². The Morgan fingerprint density at radius 1 is 1.78 bits per heavy atom. The van der Waals surface area contributed by atoms with Crippen LogP contribution in [0.5, 0.6) is 0 Å². The normalized spacial score (nSPS) is 8.89. The molecule has 1 aromatic heterocycles. The molecule has 0 aromatic carbocycles. The van der Waals surface area contributed by atoms with Crippen molar-refractivity contribution in [3.05, 3.63) is 15.4 Å². The minimum absolute atomic E-state index is 0.196. The average Bonchev–Trinajstić information content (AvgIpc) is 2.12. The van der Waals surface area contributed by atoms with Crippen molar-refractivity contribution in [2.24, 2.45) is 0 Å². The minimum Gasteiger partial charge on any atom is -0.447 e. The summed E-state index contributed by atoms with van der Waals surface area (Å²) in [4.78, 5) is 0. The van der Waals surface area contributed by atoms with Gasteiger partial charge in [-0.15, -0.1) is 0 Å². The summed E-state index contributed by atoms with van der Waals surface area (Å²) < 4.78 is 5.49. The van der Waals surface area contributed by atoms with Gasteiger partial charge in [-0.2, -0.15) is 5.26 Å². The molecule has 0 amide bonds. The van der Waals surface area contributed by atoms with E-state index in [1.54, 1.807) is 0 Å². The van der Waals surface area contributed by atoms with E-state index in [4.69, 9.17) is 15.4 Å². The fraction of sp³-hybridized carbons (Fsp3) is 0. The number of nitrogen functional groups attached to an aromatic ring is 1. The van der Waals surface area contributed by atoms with E-state index >= 15 is 0 Å². The fourth-order valence-electron chi connectivity index (χ4n) is 0.459. The predicted octanol–water partition coefficient (Wildman–Crippen LogP) is 1.34. The van der Waals surface area contributed by atoms with Gasteiger partial charge in [-0.25, -0.2) is 0 Å². The smallest absolute Gasteiger partial charge is 0.209 e. The molecular weight excluding hydrogens is 231 g/mol. The summed E-state index contributed by atoms with van der Waals surface area (Å²) in [7, 11) is 0. The third-order valence-corrected chi connectivity index (χ3v) is 1.68. The lowest BCUT2D eigenvalue weighted by molar-refractivity contribution is 0.585. The number of rotatable bonds is 0. The maximum absolute atomic E-state index is 8.39. The van der Waals surface area contributed by atoms with Crippen LogP contribution in [-0.2, 0) is 0 Å². The van der Waals surface area contributed by atoms with E-state index in [2.05, 4.69) is 0 Å². The average molecular weight is 234 g/mol. The SMILES string of the molecule is N#Cc1c(I)coc1N. The lowest BCUT2D eigenvalue weighted by Crippen LogP contribution is -1.84. The summed E-state index contributed by atoms with van der Waals surface area (Å²) in [5.74, 6) is 0.196. The molecule has 0 radical (unpaired) electrons. The molecule has 0 aliphatic heterocycles. The molecule has 9 heavy (non-hydrogen) atoms. The highest BCUT2D eigenvalue weighted by molar-refractivity contribution is 14.1. The number of halogens is 1. The second-order valence-electron chi connectivity index (χ2n) is 1.43. The van der Waals surface area contributed by atoms with Gasteiger partial charge in [0, 0.05) is 0 Å². The Bertz CT molecular complexity index is 241. The van der Waals surface area contributed by atoms with E-state index in [1.165, 1.54) is 6.26 Å². The van der Waals surface area contributed by atoms with Crippen LogP contribution >= 0.6 is 22.6 Å². The maximum Gasteiger partial charge on any atom is 0.209 e. The Balaban J connectivity index is 3.27. The molecule has 2 N–H and O–H groups in total. The summed E-state index contributed by atoms with van der Waals surface area (Å²) in [6.45, 7) is 0. The Kier molecular flexibility index (Phi) is 1.62. The molecule has 0 saturated heterocycles. The van der Waals surface area contributed by atoms with Crippen molar-refractivity contribution in [3.8, 4) is 6.07 Å². The van der Waals surface area contributed by atoms with Crippen molar-refractivity contribution in [2.75, 3.05) is 5.73 Å². The van der Waals surface area contributed by atoms with Gasteiger partial charge in [0.1, 0.15) is 17.9 Å². The standard InChI is InChI=1S/C5H3IN2O/c6-4-2-9-5(8)3(4)1-7/h2H,8H2. The first-order valence-electron chi connectivity index (χ1n) is 2.18. The van der Waals surface area contributed by atoms with E-state index in [-0.39, 0.29) is 5.88 Å². The van der Waals surface area contributed by atoms with E-state index in [1.807, 2.05) is 28.7 Å². The van der Waals surface area contributed by atoms with Gasteiger partial charge in [0.05, 0.1) is 3.57 Å². The number of furan rings is 1. The highest BCUT2D eigenvalue weighted by Gasteiger charge is 2.05. The Hall–Kier alpha value is -0.700. The number of hydrogen-bond donors (Lipinski definition) is 1. The molecule has 0 unspecified atom stereocenters. The zero-order valence-corrected chi connectivity index (χ0v) is 6.55. The van der Waals surface area contributed by atoms with Crippen molar-refractivity contribution < 1.29 is 4.42 Å². The van der Waals surface area contributed by atoms with Crippen LogP contribution < -0.4 is 5.73 Å². The van der Waals surface area contributed by atoms with Crippen molar-refractivity contribution in [1.82, 2.24) is 0 Å². The van der Waals surface area contributed by atoms with Crippen LogP contribution in [0.2, 0.25) is 0 Å². The van der Waals surface area contributed by atoms with E-state index < -0.39 is 0 Å². The molecule has 0 bridgehead atoms. The predicted molar refractivity (Wildman–Crippen MR) is 40.6 cm³/mol. The molecule has 1 heterocycles. The highest BCUT2D eigenvalue weighted by Crippen LogP contribution is 2.19. The largest absolute Gasteiger partial charge is 0.447 e. The molecule has 1 rings (SSSR count). The zero-order chi connectivity index (χ0) is 6.85. The summed E-state index contributed by atoms with van der Waals surface area (Å²) in [5, 5.41) is 8.39. The Morgan fingerprint density at radius 3 is 2.67 bits per heavy atom. The van der Waals surface area contributed by atoms with Gasteiger partial charge in [0.2, 0.25) is 5.88 Å². The summed E-state index contributed by atoms with van der Waals surface area (Å²) in [6, 6.07) is 1.92. The van der Waals surface area contributed by atoms with Crippen molar-refractivity contribution in [1.29, 1.82) is 5.26 Å². The minimum atomic E-state index is 0.196. The third kappa shape index (κ3) is 1.00. The first-order valence-corrected chi connectivity index (χ1v) is 3.26. The zero-order valence-electron chi connectivity index (χ0n) is 4.39. The first kappa shape index (κ1) is 6.42. The quantitative estimate of drug-likeness (QED) is 0.689. The number of hydrogen-bond acceptors (Lipinski definition) is 3. The second-order valence-corrected chi connectivity index (χ2v) is 2.60. The third-order valence-electron chi connectivity index (χ3n) is 0.886. The molecule has 0 fully saturated rings. The molecule has 0 saturated carbocycles. The van der Waals surface area contributed by atoms with Crippen molar-refractivity contribution in [3.63, 3.8) is 0 Å². The molecule has 4 heteroatoms. The van der Waals surface area contributed by atoms with Crippen molar-refractivity contribution in [2.45, 2.75) is 0 Å². The Morgan fingerprint density at radius 2 is 2.44 bits per heavy atom. The van der Waals surface area contributed by atoms with Crippen LogP contribution in [0.4, 0.5) is 5.88 Å². The molecule has 0 atom stereocenters. The molecule has 0 aliphatic rings. The van der Waals surface area contributed by atoms with Gasteiger partial charge in [0.25, 0.3) is 0 Å². The first-order chi connectivity index (χ1) is 4.25. The second kappa shape index (κ2) is 2.27. The summed E-state index contributed by atoms with van der Waals surface area (Å²) >= 11 is 1.98. The van der Waals surface area contributed by atoms with Crippen LogP contribution in [0.15, 0.2) is 10.7 Å². The number of nitrogens with zero attached hydrogens (tertiary/aromatic N) is 1. The molecule has 0 aliphatic carbocycles. The monoisotopic (exact) mass is 234 g/mol. The van der Waals surface area contributed by atoms with Gasteiger partial charge >= 0.3 is 0 Å². The molecular formula is C5H3IN2O. The topological polar surface area (TPSA) is 63.0 Å². The lowest BCUT2D eigenvalue weighted by Gasteiger charge is -1.80. The summed E-state index contributed by atoms with van der Waals surface area (Å²) in [5.41, 5.74) is 5.68. The van der Waals surface area contributed by atoms with Gasteiger partial charge < -0.3 is 10.2 Å². The van der Waals surface area contributed by atoms with Crippen LogP contribution in [-0.4, -0.2) is 0 Å². The molecule has 3 nitrogen and oxygen atoms in total. The van der Waals surface area contributed by atoms with E-state index in [9.17, 15) is 0 Å². The van der Waals surface area contributed by atoms with Gasteiger partial charge in [-0.1, -0.05) is 0 Å². The van der Waals surface area contributed by atoms with Crippen LogP contribution in [0, 0.1) is 14.9 Å². The van der Waals surface area contributed by atoms with Gasteiger partial charge in [0.15, 0.2) is 0 Å². The number of anilines is 1. The molecule has 1 aromatic rings. The lowest BCUT2D eigenvalue weighted by atomic mass is 10.4. The molecule has 46 valence electrons. The Labute approximate surface area is 65.6 Å². The summed E-state index contributed by atoms with van der Waals surface area (Å²) in [6.07, 6.45) is 1.45. The fourth-order valence-corrected chi connectivity index (χ4v) is 0.973.